The molecule has 7 nitrogen and oxygen atoms in total. The van der Waals surface area contributed by atoms with Gasteiger partial charge in [-0.3, -0.25) is 0 Å². The van der Waals surface area contributed by atoms with Gasteiger partial charge in [-0.2, -0.15) is 0 Å². The Hall–Kier alpha value is -1.63. The van der Waals surface area contributed by atoms with Crippen LogP contribution in [0.2, 0.25) is 0 Å². The van der Waals surface area contributed by atoms with Gasteiger partial charge in [0, 0.05) is 19.6 Å². The van der Waals surface area contributed by atoms with E-state index in [0.717, 1.165) is 12.1 Å². The molecule has 1 atom stereocenters. The molecule has 0 aliphatic carbocycles. The summed E-state index contributed by atoms with van der Waals surface area (Å²) in [7, 11) is 0. The number of carbonyl (C=O) groups is 1. The highest BCUT2D eigenvalue weighted by molar-refractivity contribution is 5.68. The molecule has 1 fully saturated rings. The van der Waals surface area contributed by atoms with Crippen molar-refractivity contribution in [2.45, 2.75) is 45.4 Å². The normalized spacial score (nSPS) is 19.8. The zero-order valence-electron chi connectivity index (χ0n) is 11.7. The molecule has 1 aliphatic rings. The first-order valence-corrected chi connectivity index (χ1v) is 6.48. The van der Waals surface area contributed by atoms with Crippen molar-refractivity contribution in [3.63, 3.8) is 0 Å². The molecule has 1 aromatic rings. The molecule has 0 saturated carbocycles. The maximum Gasteiger partial charge on any atom is 0.410 e. The first kappa shape index (κ1) is 13.8. The van der Waals surface area contributed by atoms with Gasteiger partial charge in [-0.05, 0) is 27.2 Å². The van der Waals surface area contributed by atoms with Gasteiger partial charge in [0.25, 0.3) is 0 Å². The van der Waals surface area contributed by atoms with Gasteiger partial charge in [-0.1, -0.05) is 5.21 Å². The number of likely N-dealkylation sites (tertiary alicyclic amines) is 1. The molecule has 0 unspecified atom stereocenters. The molecule has 0 spiro atoms. The predicted octanol–water partition coefficient (Wildman–Crippen LogP) is 0.919. The minimum Gasteiger partial charge on any atom is -0.444 e. The summed E-state index contributed by atoms with van der Waals surface area (Å²) in [5.74, 6) is 0. The highest BCUT2D eigenvalue weighted by atomic mass is 16.6. The zero-order valence-corrected chi connectivity index (χ0v) is 11.7. The van der Waals surface area contributed by atoms with Crippen molar-refractivity contribution in [3.05, 3.63) is 11.9 Å². The molecule has 1 aliphatic heterocycles. The van der Waals surface area contributed by atoms with Gasteiger partial charge in [-0.25, -0.2) is 9.48 Å². The molecule has 0 aromatic carbocycles. The molecule has 2 N–H and O–H groups in total. The molecule has 19 heavy (non-hydrogen) atoms. The van der Waals surface area contributed by atoms with E-state index in [1.807, 2.05) is 27.0 Å². The molecule has 1 amide bonds. The molecular weight excluding hydrogens is 246 g/mol. The lowest BCUT2D eigenvalue weighted by Crippen LogP contribution is -2.35. The van der Waals surface area contributed by atoms with E-state index in [4.69, 9.17) is 10.5 Å². The molecule has 0 bridgehead atoms. The van der Waals surface area contributed by atoms with E-state index in [2.05, 4.69) is 10.3 Å². The van der Waals surface area contributed by atoms with Crippen LogP contribution in [-0.2, 0) is 11.3 Å². The fraction of sp³-hybridized carbons (Fsp3) is 0.750. The van der Waals surface area contributed by atoms with Gasteiger partial charge in [0.05, 0.1) is 17.9 Å². The van der Waals surface area contributed by atoms with E-state index in [1.54, 1.807) is 9.58 Å². The van der Waals surface area contributed by atoms with Crippen molar-refractivity contribution in [1.29, 1.82) is 0 Å². The van der Waals surface area contributed by atoms with E-state index < -0.39 is 5.60 Å². The van der Waals surface area contributed by atoms with Crippen molar-refractivity contribution >= 4 is 6.09 Å². The van der Waals surface area contributed by atoms with Crippen LogP contribution < -0.4 is 5.73 Å². The smallest absolute Gasteiger partial charge is 0.410 e. The Labute approximate surface area is 112 Å². The van der Waals surface area contributed by atoms with Crippen LogP contribution in [0, 0.1) is 0 Å². The van der Waals surface area contributed by atoms with Crippen molar-refractivity contribution in [3.8, 4) is 0 Å². The van der Waals surface area contributed by atoms with Crippen molar-refractivity contribution in [2.75, 3.05) is 13.1 Å². The average Bonchev–Trinajstić information content (AvgIpc) is 2.95. The number of nitrogens with two attached hydrogens (primary N) is 1. The Kier molecular flexibility index (Phi) is 3.75. The molecular formula is C12H21N5O2. The summed E-state index contributed by atoms with van der Waals surface area (Å²) in [6.45, 7) is 7.25. The van der Waals surface area contributed by atoms with Crippen LogP contribution in [0.15, 0.2) is 6.20 Å². The van der Waals surface area contributed by atoms with Crippen LogP contribution in [0.1, 0.15) is 38.9 Å². The monoisotopic (exact) mass is 267 g/mol. The van der Waals surface area contributed by atoms with E-state index >= 15 is 0 Å². The lowest BCUT2D eigenvalue weighted by Gasteiger charge is -2.24. The first-order chi connectivity index (χ1) is 8.89. The zero-order chi connectivity index (χ0) is 14.0. The number of rotatable bonds is 2. The highest BCUT2D eigenvalue weighted by Crippen LogP contribution is 2.22. The summed E-state index contributed by atoms with van der Waals surface area (Å²) >= 11 is 0. The number of nitrogens with zero attached hydrogens (tertiary/aromatic N) is 4. The largest absolute Gasteiger partial charge is 0.444 e. The standard InChI is InChI=1S/C12H21N5O2/c1-12(2,3)19-11(18)16-5-4-10(8-16)17-7-9(6-13)14-15-17/h7,10H,4-6,8,13H2,1-3H3/t10-/m1/s1. The quantitative estimate of drug-likeness (QED) is 0.861. The molecule has 2 heterocycles. The van der Waals surface area contributed by atoms with Gasteiger partial charge in [0.1, 0.15) is 5.60 Å². The van der Waals surface area contributed by atoms with Crippen LogP contribution in [0.4, 0.5) is 4.79 Å². The Morgan fingerprint density at radius 1 is 1.58 bits per heavy atom. The Morgan fingerprint density at radius 2 is 2.32 bits per heavy atom. The molecule has 1 aromatic heterocycles. The SMILES string of the molecule is CC(C)(C)OC(=O)N1CC[C@@H](n2cc(CN)nn2)C1. The lowest BCUT2D eigenvalue weighted by atomic mass is 10.2. The third kappa shape index (κ3) is 3.44. The first-order valence-electron chi connectivity index (χ1n) is 6.48. The third-order valence-corrected chi connectivity index (χ3v) is 2.96. The number of hydrogen-bond acceptors (Lipinski definition) is 5. The summed E-state index contributed by atoms with van der Waals surface area (Å²) in [5.41, 5.74) is 5.80. The maximum absolute atomic E-state index is 11.9. The Morgan fingerprint density at radius 3 is 2.89 bits per heavy atom. The van der Waals surface area contributed by atoms with E-state index in [-0.39, 0.29) is 12.1 Å². The molecule has 7 heteroatoms. The van der Waals surface area contributed by atoms with Crippen LogP contribution in [0.25, 0.3) is 0 Å². The minimum absolute atomic E-state index is 0.153. The second kappa shape index (κ2) is 5.16. The van der Waals surface area contributed by atoms with Gasteiger partial charge in [0.15, 0.2) is 0 Å². The summed E-state index contributed by atoms with van der Waals surface area (Å²) in [6.07, 6.45) is 2.42. The summed E-state index contributed by atoms with van der Waals surface area (Å²) in [4.78, 5) is 13.6. The van der Waals surface area contributed by atoms with E-state index in [0.29, 0.717) is 19.6 Å². The summed E-state index contributed by atoms with van der Waals surface area (Å²) in [6, 6.07) is 0.153. The summed E-state index contributed by atoms with van der Waals surface area (Å²) < 4.78 is 7.14. The lowest BCUT2D eigenvalue weighted by molar-refractivity contribution is 0.0288. The van der Waals surface area contributed by atoms with Crippen molar-refractivity contribution < 1.29 is 9.53 Å². The number of amides is 1. The molecule has 0 radical (unpaired) electrons. The fourth-order valence-corrected chi connectivity index (χ4v) is 2.04. The van der Waals surface area contributed by atoms with Crippen molar-refractivity contribution in [2.24, 2.45) is 5.73 Å². The van der Waals surface area contributed by atoms with Gasteiger partial charge in [-0.15, -0.1) is 5.10 Å². The summed E-state index contributed by atoms with van der Waals surface area (Å²) in [5, 5.41) is 8.01. The topological polar surface area (TPSA) is 86.3 Å². The van der Waals surface area contributed by atoms with Crippen LogP contribution in [-0.4, -0.2) is 44.7 Å². The van der Waals surface area contributed by atoms with Crippen LogP contribution in [0.5, 0.6) is 0 Å². The molecule has 2 rings (SSSR count). The maximum atomic E-state index is 11.9. The minimum atomic E-state index is -0.463. The Bertz CT molecular complexity index is 451. The number of ether oxygens (including phenoxy) is 1. The molecule has 106 valence electrons. The second-order valence-electron chi connectivity index (χ2n) is 5.76. The van der Waals surface area contributed by atoms with Gasteiger partial charge in [0.2, 0.25) is 0 Å². The number of aromatic nitrogens is 3. The average molecular weight is 267 g/mol. The fourth-order valence-electron chi connectivity index (χ4n) is 2.04. The predicted molar refractivity (Wildman–Crippen MR) is 69.4 cm³/mol. The van der Waals surface area contributed by atoms with Crippen LogP contribution in [0.3, 0.4) is 0 Å². The van der Waals surface area contributed by atoms with Gasteiger partial charge < -0.3 is 15.4 Å². The van der Waals surface area contributed by atoms with Crippen molar-refractivity contribution in [1.82, 2.24) is 19.9 Å². The highest BCUT2D eigenvalue weighted by Gasteiger charge is 2.31. The Balaban J connectivity index is 1.94. The third-order valence-electron chi connectivity index (χ3n) is 2.96. The molecule has 1 saturated heterocycles. The van der Waals surface area contributed by atoms with Gasteiger partial charge >= 0.3 is 6.09 Å². The second-order valence-corrected chi connectivity index (χ2v) is 5.76. The van der Waals surface area contributed by atoms with E-state index in [9.17, 15) is 4.79 Å². The number of carbonyl (C=O) groups excluding carboxylic acids is 1. The number of hydrogen-bond donors (Lipinski definition) is 1. The van der Waals surface area contributed by atoms with E-state index in [1.165, 1.54) is 0 Å². The van der Waals surface area contributed by atoms with Crippen LogP contribution >= 0.6 is 0 Å².